The molecule has 0 saturated heterocycles. The van der Waals surface area contributed by atoms with Crippen LogP contribution in [0.4, 0.5) is 0 Å². The first-order valence-corrected chi connectivity index (χ1v) is 8.11. The monoisotopic (exact) mass is 269 g/mol. The van der Waals surface area contributed by atoms with E-state index < -0.39 is 0 Å². The summed E-state index contributed by atoms with van der Waals surface area (Å²) < 4.78 is 6.04. The number of nitrogens with one attached hydrogen (secondary N) is 1. The highest BCUT2D eigenvalue weighted by atomic mass is 16.5. The lowest BCUT2D eigenvalue weighted by molar-refractivity contribution is -0.0778. The number of rotatable bonds is 6. The second kappa shape index (κ2) is 7.08. The zero-order chi connectivity index (χ0) is 14.5. The second-order valence-corrected chi connectivity index (χ2v) is 7.66. The summed E-state index contributed by atoms with van der Waals surface area (Å²) in [6, 6.07) is 0.509. The number of ether oxygens (including phenoxy) is 1. The fourth-order valence-electron chi connectivity index (χ4n) is 3.32. The number of hydrogen-bond acceptors (Lipinski definition) is 2. The molecule has 1 rings (SSSR count). The van der Waals surface area contributed by atoms with Gasteiger partial charge in [0.2, 0.25) is 0 Å². The summed E-state index contributed by atoms with van der Waals surface area (Å²) in [4.78, 5) is 0. The van der Waals surface area contributed by atoms with Crippen molar-refractivity contribution >= 4 is 0 Å². The zero-order valence-corrected chi connectivity index (χ0v) is 14.0. The number of likely N-dealkylation sites (N-methyl/N-ethyl adjacent to an activating group) is 1. The van der Waals surface area contributed by atoms with Gasteiger partial charge in [-0.1, -0.05) is 34.6 Å². The summed E-state index contributed by atoms with van der Waals surface area (Å²) in [5.41, 5.74) is 0.484. The summed E-state index contributed by atoms with van der Waals surface area (Å²) in [7, 11) is 1.91. The Kier molecular flexibility index (Phi) is 6.32. The molecule has 1 fully saturated rings. The van der Waals surface area contributed by atoms with Crippen LogP contribution in [0.25, 0.3) is 0 Å². The first kappa shape index (κ1) is 17.0. The summed E-state index contributed by atoms with van der Waals surface area (Å²) in [6.45, 7) is 12.6. The fraction of sp³-hybridized carbons (Fsp3) is 1.00. The molecule has 0 heterocycles. The topological polar surface area (TPSA) is 21.3 Å². The Morgan fingerprint density at radius 3 is 2.26 bits per heavy atom. The van der Waals surface area contributed by atoms with Crippen LogP contribution in [-0.2, 0) is 4.74 Å². The van der Waals surface area contributed by atoms with Crippen LogP contribution in [0.2, 0.25) is 0 Å². The van der Waals surface area contributed by atoms with Crippen molar-refractivity contribution in [3.05, 3.63) is 0 Å². The van der Waals surface area contributed by atoms with E-state index in [1.807, 2.05) is 7.11 Å². The predicted octanol–water partition coefficient (Wildman–Crippen LogP) is 4.39. The Morgan fingerprint density at radius 2 is 1.84 bits per heavy atom. The molecule has 0 aromatic carbocycles. The molecule has 0 aliphatic heterocycles. The minimum Gasteiger partial charge on any atom is -0.377 e. The maximum Gasteiger partial charge on any atom is 0.0831 e. The summed E-state index contributed by atoms with van der Waals surface area (Å²) in [6.07, 6.45) is 7.53. The SMILES string of the molecule is CCNC(CCC(C)(C)C)C1(OC)CCC(C)CC1. The van der Waals surface area contributed by atoms with Gasteiger partial charge in [0.05, 0.1) is 5.60 Å². The molecule has 1 aliphatic rings. The molecule has 1 unspecified atom stereocenters. The fourth-order valence-corrected chi connectivity index (χ4v) is 3.32. The molecule has 2 nitrogen and oxygen atoms in total. The van der Waals surface area contributed by atoms with Crippen LogP contribution in [0.1, 0.15) is 73.1 Å². The Bertz CT molecular complexity index is 248. The van der Waals surface area contributed by atoms with Crippen LogP contribution in [0.5, 0.6) is 0 Å². The minimum atomic E-state index is 0.0772. The van der Waals surface area contributed by atoms with E-state index in [-0.39, 0.29) is 5.60 Å². The molecular weight excluding hydrogens is 234 g/mol. The van der Waals surface area contributed by atoms with Crippen LogP contribution in [0.15, 0.2) is 0 Å². The summed E-state index contributed by atoms with van der Waals surface area (Å²) >= 11 is 0. The van der Waals surface area contributed by atoms with Crippen molar-refractivity contribution < 1.29 is 4.74 Å². The third-order valence-electron chi connectivity index (χ3n) is 4.80. The second-order valence-electron chi connectivity index (χ2n) is 7.66. The molecule has 114 valence electrons. The minimum absolute atomic E-state index is 0.0772. The smallest absolute Gasteiger partial charge is 0.0831 e. The molecular formula is C17H35NO. The largest absolute Gasteiger partial charge is 0.377 e. The van der Waals surface area contributed by atoms with Crippen molar-refractivity contribution in [1.82, 2.24) is 5.32 Å². The van der Waals surface area contributed by atoms with Crippen molar-refractivity contribution in [1.29, 1.82) is 0 Å². The van der Waals surface area contributed by atoms with Crippen LogP contribution in [0, 0.1) is 11.3 Å². The standard InChI is InChI=1S/C17H35NO/c1-7-18-15(10-11-16(3,4)5)17(19-6)12-8-14(2)9-13-17/h14-15,18H,7-13H2,1-6H3. The lowest BCUT2D eigenvalue weighted by Crippen LogP contribution is -2.54. The lowest BCUT2D eigenvalue weighted by Gasteiger charge is -2.45. The van der Waals surface area contributed by atoms with E-state index in [2.05, 4.69) is 39.9 Å². The van der Waals surface area contributed by atoms with Gasteiger partial charge in [-0.05, 0) is 56.4 Å². The maximum absolute atomic E-state index is 6.04. The van der Waals surface area contributed by atoms with Crippen molar-refractivity contribution in [3.8, 4) is 0 Å². The van der Waals surface area contributed by atoms with Gasteiger partial charge in [0, 0.05) is 13.2 Å². The first-order valence-electron chi connectivity index (χ1n) is 8.11. The molecule has 1 aliphatic carbocycles. The highest BCUT2D eigenvalue weighted by Gasteiger charge is 2.41. The maximum atomic E-state index is 6.04. The van der Waals surface area contributed by atoms with E-state index in [4.69, 9.17) is 4.74 Å². The highest BCUT2D eigenvalue weighted by Crippen LogP contribution is 2.39. The molecule has 1 saturated carbocycles. The van der Waals surface area contributed by atoms with E-state index in [9.17, 15) is 0 Å². The van der Waals surface area contributed by atoms with E-state index in [1.54, 1.807) is 0 Å². The molecule has 2 heteroatoms. The number of hydrogen-bond donors (Lipinski definition) is 1. The van der Waals surface area contributed by atoms with Gasteiger partial charge < -0.3 is 10.1 Å². The van der Waals surface area contributed by atoms with Gasteiger partial charge in [-0.3, -0.25) is 0 Å². The van der Waals surface area contributed by atoms with E-state index in [1.165, 1.54) is 38.5 Å². The zero-order valence-electron chi connectivity index (χ0n) is 14.0. The molecule has 0 amide bonds. The quantitative estimate of drug-likeness (QED) is 0.772. The average Bonchev–Trinajstić information content (AvgIpc) is 2.35. The van der Waals surface area contributed by atoms with Gasteiger partial charge >= 0.3 is 0 Å². The molecule has 1 N–H and O–H groups in total. The van der Waals surface area contributed by atoms with Crippen molar-refractivity contribution in [2.45, 2.75) is 84.8 Å². The molecule has 0 aromatic heterocycles. The normalized spacial score (nSPS) is 30.3. The molecule has 0 spiro atoms. The van der Waals surface area contributed by atoms with Gasteiger partial charge in [-0.25, -0.2) is 0 Å². The van der Waals surface area contributed by atoms with Crippen LogP contribution >= 0.6 is 0 Å². The molecule has 0 aromatic rings. The van der Waals surface area contributed by atoms with E-state index in [0.29, 0.717) is 11.5 Å². The molecule has 19 heavy (non-hydrogen) atoms. The molecule has 0 radical (unpaired) electrons. The van der Waals surface area contributed by atoms with Crippen LogP contribution < -0.4 is 5.32 Å². The predicted molar refractivity (Wildman–Crippen MR) is 83.5 cm³/mol. The van der Waals surface area contributed by atoms with Gasteiger partial charge in [0.25, 0.3) is 0 Å². The average molecular weight is 269 g/mol. The Balaban J connectivity index is 2.70. The highest BCUT2D eigenvalue weighted by molar-refractivity contribution is 4.96. The van der Waals surface area contributed by atoms with E-state index in [0.717, 1.165) is 12.5 Å². The Labute approximate surface area is 120 Å². The van der Waals surface area contributed by atoms with Crippen molar-refractivity contribution in [2.24, 2.45) is 11.3 Å². The van der Waals surface area contributed by atoms with Crippen molar-refractivity contribution in [3.63, 3.8) is 0 Å². The Morgan fingerprint density at radius 1 is 1.26 bits per heavy atom. The van der Waals surface area contributed by atoms with Gasteiger partial charge in [-0.2, -0.15) is 0 Å². The number of methoxy groups -OCH3 is 1. The summed E-state index contributed by atoms with van der Waals surface area (Å²) in [5, 5.41) is 3.71. The third kappa shape index (κ3) is 5.07. The van der Waals surface area contributed by atoms with Crippen molar-refractivity contribution in [2.75, 3.05) is 13.7 Å². The molecule has 1 atom stereocenters. The van der Waals surface area contributed by atoms with Crippen LogP contribution in [0.3, 0.4) is 0 Å². The van der Waals surface area contributed by atoms with Gasteiger partial charge in [-0.15, -0.1) is 0 Å². The first-order chi connectivity index (χ1) is 8.83. The molecule has 0 bridgehead atoms. The van der Waals surface area contributed by atoms with E-state index >= 15 is 0 Å². The Hall–Kier alpha value is -0.0800. The van der Waals surface area contributed by atoms with Crippen LogP contribution in [-0.4, -0.2) is 25.3 Å². The van der Waals surface area contributed by atoms with Gasteiger partial charge in [0.15, 0.2) is 0 Å². The lowest BCUT2D eigenvalue weighted by atomic mass is 9.73. The van der Waals surface area contributed by atoms with Gasteiger partial charge in [0.1, 0.15) is 0 Å². The summed E-state index contributed by atoms with van der Waals surface area (Å²) in [5.74, 6) is 0.869. The third-order valence-corrected chi connectivity index (χ3v) is 4.80.